The molecule has 1 aliphatic carbocycles. The van der Waals surface area contributed by atoms with E-state index in [0.29, 0.717) is 25.0 Å². The number of amides is 1. The van der Waals surface area contributed by atoms with E-state index in [2.05, 4.69) is 58.2 Å². The number of nitrogens with zero attached hydrogens (tertiary/aromatic N) is 4. The van der Waals surface area contributed by atoms with Gasteiger partial charge < -0.3 is 10.2 Å². The van der Waals surface area contributed by atoms with E-state index >= 15 is 0 Å². The molecule has 2 heterocycles. The number of benzene rings is 4. The summed E-state index contributed by atoms with van der Waals surface area (Å²) in [7, 11) is 0. The Morgan fingerprint density at radius 2 is 1.48 bits per heavy atom. The number of piperazine rings is 1. The summed E-state index contributed by atoms with van der Waals surface area (Å²) in [6.07, 6.45) is 4.52. The van der Waals surface area contributed by atoms with Crippen molar-refractivity contribution in [3.63, 3.8) is 0 Å². The Labute approximate surface area is 270 Å². The summed E-state index contributed by atoms with van der Waals surface area (Å²) in [6.45, 7) is 7.64. The van der Waals surface area contributed by atoms with Gasteiger partial charge in [-0.1, -0.05) is 85.3 Å². The standard InChI is InChI=1S/C39H40FN5O/c1-27-25-44(38-42-24-30-11-3-8-16-36(30)43-38)26-28(2)45(27)22-10-9-21-39(37(46)41-23-29-17-19-31(40)20-18-29)34-14-6-4-12-32(34)33-13-5-7-15-35(33)39/h3-8,11-20,24,27-28H,9-10,21-23,25-26H2,1-2H3,(H,41,46)/t27-,28+. The van der Waals surface area contributed by atoms with E-state index < -0.39 is 5.41 Å². The molecule has 7 heteroatoms. The molecule has 1 N–H and O–H groups in total. The highest BCUT2D eigenvalue weighted by molar-refractivity contribution is 6.00. The normalized spacial score (nSPS) is 18.7. The van der Waals surface area contributed by atoms with E-state index in [9.17, 15) is 9.18 Å². The zero-order valence-corrected chi connectivity index (χ0v) is 26.5. The van der Waals surface area contributed by atoms with Gasteiger partial charge in [0.2, 0.25) is 11.9 Å². The summed E-state index contributed by atoms with van der Waals surface area (Å²) in [6, 6.07) is 31.8. The molecular formula is C39H40FN5O. The third-order valence-electron chi connectivity index (χ3n) is 9.90. The molecule has 0 radical (unpaired) electrons. The van der Waals surface area contributed by atoms with Gasteiger partial charge in [0.15, 0.2) is 0 Å². The zero-order chi connectivity index (χ0) is 31.7. The van der Waals surface area contributed by atoms with Gasteiger partial charge in [-0.2, -0.15) is 0 Å². The SMILES string of the molecule is C[C@@H]1CN(c2ncc3ccccc3n2)C[C@H](C)N1CCCCC1(C(=O)NCc2ccc(F)cc2)c2ccccc2-c2ccccc21. The van der Waals surface area contributed by atoms with Crippen LogP contribution in [0.1, 0.15) is 49.8 Å². The van der Waals surface area contributed by atoms with Crippen molar-refractivity contribution in [1.29, 1.82) is 0 Å². The monoisotopic (exact) mass is 613 g/mol. The molecule has 234 valence electrons. The van der Waals surface area contributed by atoms with Crippen molar-refractivity contribution in [3.8, 4) is 11.1 Å². The van der Waals surface area contributed by atoms with Crippen molar-refractivity contribution >= 4 is 22.8 Å². The quantitative estimate of drug-likeness (QED) is 0.179. The highest BCUT2D eigenvalue weighted by Crippen LogP contribution is 2.51. The summed E-state index contributed by atoms with van der Waals surface area (Å²) < 4.78 is 13.5. The highest BCUT2D eigenvalue weighted by Gasteiger charge is 2.48. The van der Waals surface area contributed by atoms with Crippen LogP contribution in [-0.4, -0.2) is 52.5 Å². The number of carbonyl (C=O) groups is 1. The van der Waals surface area contributed by atoms with Crippen molar-refractivity contribution in [3.05, 3.63) is 126 Å². The minimum atomic E-state index is -0.781. The fourth-order valence-electron chi connectivity index (χ4n) is 7.65. The van der Waals surface area contributed by atoms with Crippen LogP contribution in [0.4, 0.5) is 10.3 Å². The molecule has 4 aromatic carbocycles. The lowest BCUT2D eigenvalue weighted by Crippen LogP contribution is -2.57. The molecule has 1 amide bonds. The first-order chi connectivity index (χ1) is 22.4. The van der Waals surface area contributed by atoms with Gasteiger partial charge >= 0.3 is 0 Å². The number of fused-ring (bicyclic) bond motifs is 4. The number of hydrogen-bond acceptors (Lipinski definition) is 5. The Hall–Kier alpha value is -4.62. The fraction of sp³-hybridized carbons (Fsp3) is 0.308. The van der Waals surface area contributed by atoms with Crippen LogP contribution in [0.5, 0.6) is 0 Å². The molecule has 1 aromatic heterocycles. The second-order valence-corrected chi connectivity index (χ2v) is 12.8. The summed E-state index contributed by atoms with van der Waals surface area (Å²) >= 11 is 0. The number of carbonyl (C=O) groups excluding carboxylic acids is 1. The average Bonchev–Trinajstić information content (AvgIpc) is 3.37. The van der Waals surface area contributed by atoms with Gasteiger partial charge in [-0.3, -0.25) is 9.69 Å². The van der Waals surface area contributed by atoms with Crippen LogP contribution in [0.25, 0.3) is 22.0 Å². The Morgan fingerprint density at radius 1 is 0.848 bits per heavy atom. The van der Waals surface area contributed by atoms with Gasteiger partial charge in [0.25, 0.3) is 0 Å². The summed E-state index contributed by atoms with van der Waals surface area (Å²) in [5, 5.41) is 4.29. The average molecular weight is 614 g/mol. The van der Waals surface area contributed by atoms with E-state index in [4.69, 9.17) is 4.98 Å². The molecule has 1 saturated heterocycles. The van der Waals surface area contributed by atoms with Crippen molar-refractivity contribution in [1.82, 2.24) is 20.2 Å². The molecule has 0 spiro atoms. The summed E-state index contributed by atoms with van der Waals surface area (Å²) in [4.78, 5) is 28.8. The van der Waals surface area contributed by atoms with E-state index in [-0.39, 0.29) is 11.7 Å². The molecule has 5 aromatic rings. The van der Waals surface area contributed by atoms with Crippen LogP contribution in [0, 0.1) is 5.82 Å². The van der Waals surface area contributed by atoms with Crippen molar-refractivity contribution in [2.45, 2.75) is 57.2 Å². The number of rotatable bonds is 9. The lowest BCUT2D eigenvalue weighted by atomic mass is 9.73. The maximum absolute atomic E-state index is 14.4. The number of para-hydroxylation sites is 1. The Bertz CT molecular complexity index is 1800. The van der Waals surface area contributed by atoms with Crippen LogP contribution in [0.15, 0.2) is 103 Å². The smallest absolute Gasteiger partial charge is 0.235 e. The second-order valence-electron chi connectivity index (χ2n) is 12.8. The number of hydrogen-bond donors (Lipinski definition) is 1. The first-order valence-electron chi connectivity index (χ1n) is 16.4. The molecule has 0 unspecified atom stereocenters. The molecule has 7 rings (SSSR count). The van der Waals surface area contributed by atoms with Gasteiger partial charge in [0, 0.05) is 43.3 Å². The van der Waals surface area contributed by atoms with Crippen molar-refractivity contribution < 1.29 is 9.18 Å². The van der Waals surface area contributed by atoms with Crippen LogP contribution < -0.4 is 10.2 Å². The summed E-state index contributed by atoms with van der Waals surface area (Å²) in [5.41, 5.74) is 5.46. The fourth-order valence-corrected chi connectivity index (χ4v) is 7.65. The molecule has 6 nitrogen and oxygen atoms in total. The Morgan fingerprint density at radius 3 is 2.17 bits per heavy atom. The lowest BCUT2D eigenvalue weighted by molar-refractivity contribution is -0.125. The maximum atomic E-state index is 14.4. The number of aromatic nitrogens is 2. The molecule has 0 bridgehead atoms. The molecule has 0 saturated carbocycles. The number of anilines is 1. The van der Waals surface area contributed by atoms with Gasteiger partial charge in [-0.05, 0) is 79.3 Å². The maximum Gasteiger partial charge on any atom is 0.235 e. The number of nitrogens with one attached hydrogen (secondary N) is 1. The minimum absolute atomic E-state index is 0.0000366. The lowest BCUT2D eigenvalue weighted by Gasteiger charge is -2.44. The van der Waals surface area contributed by atoms with Crippen molar-refractivity contribution in [2.24, 2.45) is 0 Å². The second kappa shape index (κ2) is 12.6. The minimum Gasteiger partial charge on any atom is -0.351 e. The highest BCUT2D eigenvalue weighted by atomic mass is 19.1. The molecular weight excluding hydrogens is 573 g/mol. The summed E-state index contributed by atoms with van der Waals surface area (Å²) in [5.74, 6) is 0.515. The van der Waals surface area contributed by atoms with Crippen LogP contribution in [0.2, 0.25) is 0 Å². The van der Waals surface area contributed by atoms with Crippen molar-refractivity contribution in [2.75, 3.05) is 24.5 Å². The van der Waals surface area contributed by atoms with Gasteiger partial charge in [0.1, 0.15) is 11.2 Å². The first-order valence-corrected chi connectivity index (χ1v) is 16.4. The predicted octanol–water partition coefficient (Wildman–Crippen LogP) is 7.12. The molecule has 2 atom stereocenters. The van der Waals surface area contributed by atoms with E-state index in [1.165, 1.54) is 12.1 Å². The largest absolute Gasteiger partial charge is 0.351 e. The van der Waals surface area contributed by atoms with Gasteiger partial charge in [-0.25, -0.2) is 14.4 Å². The van der Waals surface area contributed by atoms with Crippen LogP contribution >= 0.6 is 0 Å². The topological polar surface area (TPSA) is 61.4 Å². The van der Waals surface area contributed by atoms with Crippen LogP contribution in [0.3, 0.4) is 0 Å². The van der Waals surface area contributed by atoms with E-state index in [1.807, 2.05) is 54.7 Å². The van der Waals surface area contributed by atoms with E-state index in [0.717, 1.165) is 77.1 Å². The van der Waals surface area contributed by atoms with E-state index in [1.54, 1.807) is 12.1 Å². The van der Waals surface area contributed by atoms with Gasteiger partial charge in [-0.15, -0.1) is 0 Å². The predicted molar refractivity (Wildman–Crippen MR) is 182 cm³/mol. The van der Waals surface area contributed by atoms with Crippen LogP contribution in [-0.2, 0) is 16.8 Å². The molecule has 2 aliphatic rings. The number of halogens is 1. The Balaban J connectivity index is 1.06. The van der Waals surface area contributed by atoms with Gasteiger partial charge in [0.05, 0.1) is 5.52 Å². The first kappa shape index (κ1) is 30.1. The third kappa shape index (κ3) is 5.53. The molecule has 46 heavy (non-hydrogen) atoms. The molecule has 1 fully saturated rings. The Kier molecular flexibility index (Phi) is 8.26. The molecule has 1 aliphatic heterocycles. The number of unbranched alkanes of at least 4 members (excludes halogenated alkanes) is 1. The zero-order valence-electron chi connectivity index (χ0n) is 26.5. The third-order valence-corrected chi connectivity index (χ3v) is 9.90.